The fraction of sp³-hybridized carbons (Fsp3) is 0.467. The van der Waals surface area contributed by atoms with Crippen LogP contribution in [0.15, 0.2) is 22.6 Å². The van der Waals surface area contributed by atoms with Crippen LogP contribution in [0.4, 0.5) is 5.82 Å². The van der Waals surface area contributed by atoms with Crippen LogP contribution in [0, 0.1) is 13.8 Å². The van der Waals surface area contributed by atoms with Gasteiger partial charge in [0.1, 0.15) is 17.3 Å². The maximum Gasteiger partial charge on any atom is 0.239 e. The van der Waals surface area contributed by atoms with Crippen LogP contribution in [0.5, 0.6) is 0 Å². The zero-order chi connectivity index (χ0) is 14.8. The van der Waals surface area contributed by atoms with Crippen molar-refractivity contribution in [2.24, 2.45) is 0 Å². The normalized spacial score (nSPS) is 14.1. The van der Waals surface area contributed by atoms with Crippen LogP contribution in [0.1, 0.15) is 23.6 Å². The molecule has 3 rings (SSSR count). The van der Waals surface area contributed by atoms with Crippen LogP contribution in [0.2, 0.25) is 0 Å². The van der Waals surface area contributed by atoms with Gasteiger partial charge in [0.15, 0.2) is 0 Å². The third-order valence-electron chi connectivity index (χ3n) is 3.59. The molecule has 2 aromatic heterocycles. The number of carbonyl (C=O) groups is 1. The Morgan fingerprint density at radius 2 is 2.24 bits per heavy atom. The van der Waals surface area contributed by atoms with Crippen molar-refractivity contribution in [3.63, 3.8) is 0 Å². The number of rotatable bonds is 4. The minimum atomic E-state index is -0.00337. The Hall–Kier alpha value is -2.24. The lowest BCUT2D eigenvalue weighted by Gasteiger charge is -2.28. The maximum absolute atomic E-state index is 12.1. The van der Waals surface area contributed by atoms with E-state index < -0.39 is 0 Å². The van der Waals surface area contributed by atoms with Gasteiger partial charge in [0.25, 0.3) is 0 Å². The smallest absolute Gasteiger partial charge is 0.239 e. The van der Waals surface area contributed by atoms with Crippen LogP contribution >= 0.6 is 0 Å². The standard InChI is InChI=1S/C15H20N4O2/c1-11-8-15-18(6-3-7-19(15)17-11)10-14(20)16-9-13-5-4-12(2)21-13/h4-5,8H,3,6-7,9-10H2,1-2H3,(H,16,20). The zero-order valence-electron chi connectivity index (χ0n) is 12.4. The van der Waals surface area contributed by atoms with Crippen molar-refractivity contribution in [2.45, 2.75) is 33.4 Å². The quantitative estimate of drug-likeness (QED) is 0.928. The number of fused-ring (bicyclic) bond motifs is 1. The van der Waals surface area contributed by atoms with E-state index in [1.54, 1.807) is 0 Å². The Morgan fingerprint density at radius 1 is 1.38 bits per heavy atom. The SMILES string of the molecule is Cc1cc2n(n1)CCCN2CC(=O)NCc1ccc(C)o1. The molecule has 6 nitrogen and oxygen atoms in total. The largest absolute Gasteiger partial charge is 0.465 e. The average molecular weight is 288 g/mol. The lowest BCUT2D eigenvalue weighted by atomic mass is 10.3. The fourth-order valence-electron chi connectivity index (χ4n) is 2.63. The highest BCUT2D eigenvalue weighted by atomic mass is 16.3. The molecular weight excluding hydrogens is 268 g/mol. The Morgan fingerprint density at radius 3 is 3.00 bits per heavy atom. The predicted molar refractivity (Wildman–Crippen MR) is 79.1 cm³/mol. The summed E-state index contributed by atoms with van der Waals surface area (Å²) in [5, 5.41) is 7.33. The maximum atomic E-state index is 12.1. The van der Waals surface area contributed by atoms with Crippen LogP contribution in [0.25, 0.3) is 0 Å². The van der Waals surface area contributed by atoms with Crippen LogP contribution < -0.4 is 10.2 Å². The molecular formula is C15H20N4O2. The van der Waals surface area contributed by atoms with Gasteiger partial charge in [-0.15, -0.1) is 0 Å². The van der Waals surface area contributed by atoms with E-state index >= 15 is 0 Å². The topological polar surface area (TPSA) is 63.3 Å². The number of carbonyl (C=O) groups excluding carboxylic acids is 1. The van der Waals surface area contributed by atoms with Crippen molar-refractivity contribution in [3.05, 3.63) is 35.4 Å². The van der Waals surface area contributed by atoms with E-state index in [0.717, 1.165) is 42.5 Å². The number of furan rings is 1. The number of hydrogen-bond donors (Lipinski definition) is 1. The predicted octanol–water partition coefficient (Wildman–Crippen LogP) is 1.62. The molecule has 2 aromatic rings. The number of anilines is 1. The van der Waals surface area contributed by atoms with Gasteiger partial charge in [0, 0.05) is 19.2 Å². The molecule has 3 heterocycles. The summed E-state index contributed by atoms with van der Waals surface area (Å²) in [4.78, 5) is 14.2. The molecule has 0 aromatic carbocycles. The molecule has 0 fully saturated rings. The minimum absolute atomic E-state index is 0.00337. The summed E-state index contributed by atoms with van der Waals surface area (Å²) in [7, 11) is 0. The van der Waals surface area contributed by atoms with Gasteiger partial charge in [-0.1, -0.05) is 0 Å². The monoisotopic (exact) mass is 288 g/mol. The minimum Gasteiger partial charge on any atom is -0.465 e. The molecule has 0 bridgehead atoms. The van der Waals surface area contributed by atoms with Crippen molar-refractivity contribution in [1.29, 1.82) is 0 Å². The summed E-state index contributed by atoms with van der Waals surface area (Å²) in [5.41, 5.74) is 0.989. The lowest BCUT2D eigenvalue weighted by molar-refractivity contribution is -0.120. The number of hydrogen-bond acceptors (Lipinski definition) is 4. The second kappa shape index (κ2) is 5.63. The number of amides is 1. The average Bonchev–Trinajstić information content (AvgIpc) is 3.02. The fourth-order valence-corrected chi connectivity index (χ4v) is 2.63. The number of nitrogens with one attached hydrogen (secondary N) is 1. The first-order valence-corrected chi connectivity index (χ1v) is 7.23. The molecule has 1 amide bonds. The molecule has 0 aliphatic carbocycles. The first-order valence-electron chi connectivity index (χ1n) is 7.23. The Labute approximate surface area is 123 Å². The van der Waals surface area contributed by atoms with Gasteiger partial charge in [-0.2, -0.15) is 5.10 Å². The van der Waals surface area contributed by atoms with Crippen LogP contribution in [-0.4, -0.2) is 28.8 Å². The Balaban J connectivity index is 1.58. The van der Waals surface area contributed by atoms with Gasteiger partial charge in [-0.3, -0.25) is 4.79 Å². The highest BCUT2D eigenvalue weighted by Gasteiger charge is 2.20. The Kier molecular flexibility index (Phi) is 3.68. The second-order valence-electron chi connectivity index (χ2n) is 5.43. The summed E-state index contributed by atoms with van der Waals surface area (Å²) in [6, 6.07) is 5.81. The summed E-state index contributed by atoms with van der Waals surface area (Å²) >= 11 is 0. The molecule has 1 aliphatic rings. The van der Waals surface area contributed by atoms with Crippen LogP contribution in [-0.2, 0) is 17.9 Å². The van der Waals surface area contributed by atoms with Gasteiger partial charge >= 0.3 is 0 Å². The van der Waals surface area contributed by atoms with Crippen molar-refractivity contribution < 1.29 is 9.21 Å². The third kappa shape index (κ3) is 3.09. The molecule has 1 aliphatic heterocycles. The van der Waals surface area contributed by atoms with Crippen molar-refractivity contribution >= 4 is 11.7 Å². The molecule has 0 atom stereocenters. The van der Waals surface area contributed by atoms with E-state index in [1.807, 2.05) is 36.7 Å². The highest BCUT2D eigenvalue weighted by molar-refractivity contribution is 5.81. The van der Waals surface area contributed by atoms with E-state index in [1.165, 1.54) is 0 Å². The molecule has 21 heavy (non-hydrogen) atoms. The van der Waals surface area contributed by atoms with E-state index in [4.69, 9.17) is 4.42 Å². The van der Waals surface area contributed by atoms with Crippen molar-refractivity contribution in [3.8, 4) is 0 Å². The van der Waals surface area contributed by atoms with Gasteiger partial charge in [0.2, 0.25) is 5.91 Å². The van der Waals surface area contributed by atoms with Gasteiger partial charge < -0.3 is 14.6 Å². The van der Waals surface area contributed by atoms with E-state index in [9.17, 15) is 4.79 Å². The van der Waals surface area contributed by atoms with E-state index in [0.29, 0.717) is 13.1 Å². The van der Waals surface area contributed by atoms with Crippen LogP contribution in [0.3, 0.4) is 0 Å². The summed E-state index contributed by atoms with van der Waals surface area (Å²) in [6.45, 7) is 6.46. The highest BCUT2D eigenvalue weighted by Crippen LogP contribution is 2.20. The number of nitrogens with zero attached hydrogens (tertiary/aromatic N) is 3. The molecule has 1 N–H and O–H groups in total. The lowest BCUT2D eigenvalue weighted by Crippen LogP contribution is -2.40. The summed E-state index contributed by atoms with van der Waals surface area (Å²) < 4.78 is 7.42. The molecule has 0 saturated heterocycles. The summed E-state index contributed by atoms with van der Waals surface area (Å²) in [5.74, 6) is 2.66. The number of aryl methyl sites for hydroxylation is 3. The molecule has 0 saturated carbocycles. The van der Waals surface area contributed by atoms with Crippen molar-refractivity contribution in [2.75, 3.05) is 18.0 Å². The molecule has 6 heteroatoms. The molecule has 0 spiro atoms. The third-order valence-corrected chi connectivity index (χ3v) is 3.59. The second-order valence-corrected chi connectivity index (χ2v) is 5.43. The molecule has 0 unspecified atom stereocenters. The summed E-state index contributed by atoms with van der Waals surface area (Å²) in [6.07, 6.45) is 1.01. The van der Waals surface area contributed by atoms with E-state index in [-0.39, 0.29) is 5.91 Å². The Bertz CT molecular complexity index is 644. The van der Waals surface area contributed by atoms with Gasteiger partial charge in [-0.25, -0.2) is 4.68 Å². The van der Waals surface area contributed by atoms with Crippen molar-refractivity contribution in [1.82, 2.24) is 15.1 Å². The molecule has 0 radical (unpaired) electrons. The van der Waals surface area contributed by atoms with Gasteiger partial charge in [-0.05, 0) is 32.4 Å². The number of aromatic nitrogens is 2. The van der Waals surface area contributed by atoms with E-state index in [2.05, 4.69) is 15.3 Å². The van der Waals surface area contributed by atoms with Gasteiger partial charge in [0.05, 0.1) is 18.8 Å². The zero-order valence-corrected chi connectivity index (χ0v) is 12.4. The first-order chi connectivity index (χ1) is 10.1. The first kappa shape index (κ1) is 13.7. The molecule has 112 valence electrons.